The van der Waals surface area contributed by atoms with Gasteiger partial charge in [-0.1, -0.05) is 26.7 Å². The molecule has 1 saturated carbocycles. The predicted molar refractivity (Wildman–Crippen MR) is 66.3 cm³/mol. The molecule has 3 heteroatoms. The minimum Gasteiger partial charge on any atom is -0.330 e. The second-order valence-corrected chi connectivity index (χ2v) is 5.57. The van der Waals surface area contributed by atoms with Crippen LogP contribution in [0.25, 0.3) is 0 Å². The molecule has 1 N–H and O–H groups in total. The van der Waals surface area contributed by atoms with Gasteiger partial charge in [-0.15, -0.1) is 0 Å². The Balaban J connectivity index is 2.24. The molecule has 1 heterocycles. The van der Waals surface area contributed by atoms with Crippen molar-refractivity contribution in [2.24, 2.45) is 5.41 Å². The molecule has 1 aliphatic rings. The van der Waals surface area contributed by atoms with Crippen molar-refractivity contribution in [2.75, 3.05) is 7.05 Å². The summed E-state index contributed by atoms with van der Waals surface area (Å²) >= 11 is 0. The molecule has 90 valence electrons. The van der Waals surface area contributed by atoms with Crippen LogP contribution in [0.1, 0.15) is 51.3 Å². The van der Waals surface area contributed by atoms with Crippen LogP contribution in [0.2, 0.25) is 0 Å². The van der Waals surface area contributed by atoms with Crippen LogP contribution in [-0.2, 0) is 6.54 Å². The van der Waals surface area contributed by atoms with E-state index in [4.69, 9.17) is 0 Å². The van der Waals surface area contributed by atoms with Gasteiger partial charge in [-0.3, -0.25) is 0 Å². The van der Waals surface area contributed by atoms with Gasteiger partial charge in [-0.25, -0.2) is 4.98 Å². The number of imidazole rings is 1. The van der Waals surface area contributed by atoms with Crippen molar-refractivity contribution in [1.82, 2.24) is 14.9 Å². The van der Waals surface area contributed by atoms with Crippen molar-refractivity contribution in [3.63, 3.8) is 0 Å². The van der Waals surface area contributed by atoms with E-state index in [1.165, 1.54) is 31.4 Å². The van der Waals surface area contributed by atoms with Gasteiger partial charge in [0.05, 0.1) is 12.0 Å². The Kier molecular flexibility index (Phi) is 3.33. The van der Waals surface area contributed by atoms with E-state index in [2.05, 4.69) is 28.7 Å². The van der Waals surface area contributed by atoms with Crippen LogP contribution in [0, 0.1) is 5.41 Å². The Bertz CT molecular complexity index is 341. The fraction of sp³-hybridized carbons (Fsp3) is 0.769. The molecule has 0 spiro atoms. The molecule has 1 aromatic heterocycles. The quantitative estimate of drug-likeness (QED) is 0.850. The van der Waals surface area contributed by atoms with Gasteiger partial charge in [0.2, 0.25) is 0 Å². The Morgan fingerprint density at radius 3 is 3.00 bits per heavy atom. The van der Waals surface area contributed by atoms with Crippen LogP contribution in [0.4, 0.5) is 0 Å². The fourth-order valence-corrected chi connectivity index (χ4v) is 2.92. The van der Waals surface area contributed by atoms with Crippen molar-refractivity contribution in [2.45, 2.75) is 52.1 Å². The van der Waals surface area contributed by atoms with Crippen molar-refractivity contribution < 1.29 is 0 Å². The van der Waals surface area contributed by atoms with E-state index < -0.39 is 0 Å². The maximum atomic E-state index is 4.30. The predicted octanol–water partition coefficient (Wildman–Crippen LogP) is 2.74. The highest BCUT2D eigenvalue weighted by molar-refractivity contribution is 5.03. The summed E-state index contributed by atoms with van der Waals surface area (Å²) in [6.45, 7) is 5.69. The number of rotatable bonds is 3. The van der Waals surface area contributed by atoms with Gasteiger partial charge in [0.25, 0.3) is 0 Å². The van der Waals surface area contributed by atoms with Gasteiger partial charge in [0.1, 0.15) is 0 Å². The monoisotopic (exact) mass is 221 g/mol. The fourth-order valence-electron chi connectivity index (χ4n) is 2.92. The first-order chi connectivity index (χ1) is 7.65. The topological polar surface area (TPSA) is 29.9 Å². The van der Waals surface area contributed by atoms with Gasteiger partial charge in [-0.05, 0) is 25.3 Å². The lowest BCUT2D eigenvalue weighted by Gasteiger charge is -2.40. The molecule has 0 saturated heterocycles. The SMILES string of the molecule is CNCc1cncn1C1CCCCC1(C)C. The Morgan fingerprint density at radius 1 is 1.50 bits per heavy atom. The number of aromatic nitrogens is 2. The first-order valence-electron chi connectivity index (χ1n) is 6.30. The maximum Gasteiger partial charge on any atom is 0.0951 e. The Hall–Kier alpha value is -0.830. The van der Waals surface area contributed by atoms with E-state index >= 15 is 0 Å². The van der Waals surface area contributed by atoms with E-state index in [1.807, 2.05) is 19.6 Å². The summed E-state index contributed by atoms with van der Waals surface area (Å²) < 4.78 is 2.38. The van der Waals surface area contributed by atoms with E-state index in [0.29, 0.717) is 11.5 Å². The molecule has 0 radical (unpaired) electrons. The molecule has 1 unspecified atom stereocenters. The molecule has 0 aromatic carbocycles. The second kappa shape index (κ2) is 4.58. The molecular formula is C13H23N3. The molecule has 0 bridgehead atoms. The molecule has 1 fully saturated rings. The minimum atomic E-state index is 0.404. The summed E-state index contributed by atoms with van der Waals surface area (Å²) in [4.78, 5) is 4.30. The normalized spacial score (nSPS) is 24.6. The number of nitrogens with one attached hydrogen (secondary N) is 1. The zero-order chi connectivity index (χ0) is 11.6. The van der Waals surface area contributed by atoms with Gasteiger partial charge < -0.3 is 9.88 Å². The molecule has 2 rings (SSSR count). The molecule has 0 amide bonds. The van der Waals surface area contributed by atoms with Crippen LogP contribution in [-0.4, -0.2) is 16.6 Å². The van der Waals surface area contributed by atoms with Crippen molar-refractivity contribution in [3.8, 4) is 0 Å². The summed E-state index contributed by atoms with van der Waals surface area (Å²) in [6, 6.07) is 0.618. The van der Waals surface area contributed by atoms with E-state index in [1.54, 1.807) is 0 Å². The van der Waals surface area contributed by atoms with Crippen molar-refractivity contribution in [1.29, 1.82) is 0 Å². The molecule has 1 atom stereocenters. The lowest BCUT2D eigenvalue weighted by molar-refractivity contribution is 0.141. The van der Waals surface area contributed by atoms with Gasteiger partial charge in [0.15, 0.2) is 0 Å². The molecule has 1 aromatic rings. The lowest BCUT2D eigenvalue weighted by atomic mass is 9.73. The summed E-state index contributed by atoms with van der Waals surface area (Å²) in [5.74, 6) is 0. The van der Waals surface area contributed by atoms with Crippen molar-refractivity contribution in [3.05, 3.63) is 18.2 Å². The molecular weight excluding hydrogens is 198 g/mol. The first kappa shape index (κ1) is 11.6. The standard InChI is InChI=1S/C13H23N3/c1-13(2)7-5-4-6-12(13)16-10-15-9-11(16)8-14-3/h9-10,12,14H,4-8H2,1-3H3. The van der Waals surface area contributed by atoms with E-state index in [9.17, 15) is 0 Å². The van der Waals surface area contributed by atoms with Gasteiger partial charge in [-0.2, -0.15) is 0 Å². The maximum absolute atomic E-state index is 4.30. The highest BCUT2D eigenvalue weighted by Crippen LogP contribution is 2.44. The minimum absolute atomic E-state index is 0.404. The molecule has 0 aliphatic heterocycles. The molecule has 1 aliphatic carbocycles. The van der Waals surface area contributed by atoms with Crippen LogP contribution >= 0.6 is 0 Å². The summed E-state index contributed by atoms with van der Waals surface area (Å²) in [5, 5.41) is 3.22. The first-order valence-corrected chi connectivity index (χ1v) is 6.30. The highest BCUT2D eigenvalue weighted by Gasteiger charge is 2.33. The third-order valence-electron chi connectivity index (χ3n) is 3.89. The third kappa shape index (κ3) is 2.14. The number of hydrogen-bond acceptors (Lipinski definition) is 2. The van der Waals surface area contributed by atoms with Gasteiger partial charge in [0, 0.05) is 18.8 Å². The van der Waals surface area contributed by atoms with Crippen LogP contribution in [0.15, 0.2) is 12.5 Å². The van der Waals surface area contributed by atoms with Crippen LogP contribution < -0.4 is 5.32 Å². The molecule has 3 nitrogen and oxygen atoms in total. The Labute approximate surface area is 98.3 Å². The highest BCUT2D eigenvalue weighted by atomic mass is 15.1. The van der Waals surface area contributed by atoms with Gasteiger partial charge >= 0.3 is 0 Å². The van der Waals surface area contributed by atoms with Crippen LogP contribution in [0.3, 0.4) is 0 Å². The lowest BCUT2D eigenvalue weighted by Crippen LogP contribution is -2.31. The summed E-state index contributed by atoms with van der Waals surface area (Å²) in [5.41, 5.74) is 1.71. The smallest absolute Gasteiger partial charge is 0.0951 e. The van der Waals surface area contributed by atoms with E-state index in [0.717, 1.165) is 6.54 Å². The summed E-state index contributed by atoms with van der Waals surface area (Å²) in [6.07, 6.45) is 9.34. The summed E-state index contributed by atoms with van der Waals surface area (Å²) in [7, 11) is 1.99. The third-order valence-corrected chi connectivity index (χ3v) is 3.89. The van der Waals surface area contributed by atoms with Crippen molar-refractivity contribution >= 4 is 0 Å². The molecule has 16 heavy (non-hydrogen) atoms. The second-order valence-electron chi connectivity index (χ2n) is 5.57. The number of nitrogens with zero attached hydrogens (tertiary/aromatic N) is 2. The number of hydrogen-bond donors (Lipinski definition) is 1. The van der Waals surface area contributed by atoms with Crippen LogP contribution in [0.5, 0.6) is 0 Å². The zero-order valence-electron chi connectivity index (χ0n) is 10.7. The largest absolute Gasteiger partial charge is 0.330 e. The Morgan fingerprint density at radius 2 is 2.31 bits per heavy atom. The van der Waals surface area contributed by atoms with E-state index in [-0.39, 0.29) is 0 Å². The zero-order valence-corrected chi connectivity index (χ0v) is 10.7. The average Bonchev–Trinajstić information content (AvgIpc) is 2.66. The average molecular weight is 221 g/mol.